The van der Waals surface area contributed by atoms with Gasteiger partial charge < -0.3 is 9.72 Å². The Morgan fingerprint density at radius 3 is 2.53 bits per heavy atom. The molecule has 13 heteroatoms. The fourth-order valence-corrected chi connectivity index (χ4v) is 5.79. The van der Waals surface area contributed by atoms with E-state index in [4.69, 9.17) is 4.74 Å². The highest BCUT2D eigenvalue weighted by Gasteiger charge is 2.43. The van der Waals surface area contributed by atoms with Crippen LogP contribution in [0.2, 0.25) is 0 Å². The van der Waals surface area contributed by atoms with Gasteiger partial charge in [-0.3, -0.25) is 25.0 Å². The Kier molecular flexibility index (Phi) is 5.67. The number of carbonyl (C=O) groups is 1. The van der Waals surface area contributed by atoms with Crippen LogP contribution in [0.4, 0.5) is 11.4 Å². The van der Waals surface area contributed by atoms with Crippen LogP contribution >= 0.6 is 0 Å². The molecule has 1 atom stereocenters. The second-order valence-electron chi connectivity index (χ2n) is 7.59. The third-order valence-electron chi connectivity index (χ3n) is 5.67. The molecule has 0 fully saturated rings. The van der Waals surface area contributed by atoms with E-state index in [1.807, 2.05) is 18.2 Å². The van der Waals surface area contributed by atoms with Gasteiger partial charge in [-0.25, -0.2) is 8.42 Å². The number of rotatable bonds is 5. The Morgan fingerprint density at radius 2 is 1.88 bits per heavy atom. The van der Waals surface area contributed by atoms with E-state index in [1.54, 1.807) is 6.07 Å². The van der Waals surface area contributed by atoms with Crippen molar-refractivity contribution in [2.75, 3.05) is 13.7 Å². The lowest BCUT2D eigenvalue weighted by atomic mass is 10.0. The first kappa shape index (κ1) is 23.1. The Balaban J connectivity index is 1.89. The zero-order valence-corrected chi connectivity index (χ0v) is 18.6. The van der Waals surface area contributed by atoms with Gasteiger partial charge >= 0.3 is 5.97 Å². The molecule has 0 saturated carbocycles. The maximum absolute atomic E-state index is 13.7. The number of hydrogen-bond donors (Lipinski definition) is 1. The molecule has 2 heterocycles. The van der Waals surface area contributed by atoms with Crippen molar-refractivity contribution < 1.29 is 27.8 Å². The van der Waals surface area contributed by atoms with Crippen LogP contribution in [0.3, 0.4) is 0 Å². The van der Waals surface area contributed by atoms with Crippen molar-refractivity contribution in [2.45, 2.75) is 17.4 Å². The molecular weight excluding hydrogens is 468 g/mol. The van der Waals surface area contributed by atoms with Crippen molar-refractivity contribution >= 4 is 43.8 Å². The molecule has 176 valence electrons. The zero-order chi connectivity index (χ0) is 24.8. The van der Waals surface area contributed by atoms with Crippen LogP contribution in [0.5, 0.6) is 0 Å². The van der Waals surface area contributed by atoms with Gasteiger partial charge in [-0.15, -0.1) is 0 Å². The number of sulfonamides is 1. The number of aromatic amines is 1. The van der Waals surface area contributed by atoms with Crippen molar-refractivity contribution in [3.05, 3.63) is 80.5 Å². The van der Waals surface area contributed by atoms with Gasteiger partial charge in [0.2, 0.25) is 0 Å². The Bertz CT molecular complexity index is 1480. The van der Waals surface area contributed by atoms with Gasteiger partial charge in [0.15, 0.2) is 4.90 Å². The second-order valence-corrected chi connectivity index (χ2v) is 9.45. The van der Waals surface area contributed by atoms with Gasteiger partial charge in [-0.05, 0) is 23.3 Å². The highest BCUT2D eigenvalue weighted by atomic mass is 32.2. The van der Waals surface area contributed by atoms with E-state index in [0.717, 1.165) is 34.5 Å². The minimum atomic E-state index is -4.70. The van der Waals surface area contributed by atoms with E-state index >= 15 is 0 Å². The summed E-state index contributed by atoms with van der Waals surface area (Å²) in [6.07, 6.45) is -0.0783. The normalized spacial score (nSPS) is 16.6. The first-order valence-electron chi connectivity index (χ1n) is 9.86. The number of H-pyrrole nitrogens is 1. The third-order valence-corrected chi connectivity index (χ3v) is 7.57. The van der Waals surface area contributed by atoms with Gasteiger partial charge in [-0.1, -0.05) is 24.8 Å². The van der Waals surface area contributed by atoms with Crippen LogP contribution in [-0.4, -0.2) is 53.2 Å². The first-order valence-corrected chi connectivity index (χ1v) is 11.3. The monoisotopic (exact) mass is 486 g/mol. The Labute approximate surface area is 192 Å². The summed E-state index contributed by atoms with van der Waals surface area (Å²) in [4.78, 5) is 35.9. The molecule has 0 saturated heterocycles. The number of para-hydroxylation sites is 1. The standard InChI is InChI=1S/C21H18N4O8S/c1-12-11-23(34(31,32)19-8-7-13(24(27)28)9-17(19)25(29)30)18(21(26)33-2)10-15-14-5-3-4-6-16(14)22-20(12)15/h3-9,18,22H,1,10-11H2,2H3/t18-/m0/s1. The molecule has 0 radical (unpaired) electrons. The van der Waals surface area contributed by atoms with E-state index < -0.39 is 48.2 Å². The van der Waals surface area contributed by atoms with Gasteiger partial charge in [0.25, 0.3) is 21.4 Å². The lowest BCUT2D eigenvalue weighted by Crippen LogP contribution is -2.46. The third kappa shape index (κ3) is 3.70. The van der Waals surface area contributed by atoms with Crippen molar-refractivity contribution in [3.8, 4) is 0 Å². The number of nitrogens with zero attached hydrogens (tertiary/aromatic N) is 3. The van der Waals surface area contributed by atoms with Crippen molar-refractivity contribution in [1.29, 1.82) is 0 Å². The summed E-state index contributed by atoms with van der Waals surface area (Å²) in [5, 5.41) is 23.4. The smallest absolute Gasteiger partial charge is 0.324 e. The maximum Gasteiger partial charge on any atom is 0.324 e. The molecule has 0 unspecified atom stereocenters. The van der Waals surface area contributed by atoms with Crippen LogP contribution in [0.1, 0.15) is 11.3 Å². The van der Waals surface area contributed by atoms with E-state index in [1.165, 1.54) is 0 Å². The zero-order valence-electron chi connectivity index (χ0n) is 17.8. The lowest BCUT2D eigenvalue weighted by Gasteiger charge is -2.27. The number of esters is 1. The summed E-state index contributed by atoms with van der Waals surface area (Å²) in [6, 6.07) is 8.13. The van der Waals surface area contributed by atoms with E-state index in [9.17, 15) is 33.4 Å². The SMILES string of the molecule is C=C1CN(S(=O)(=O)c2ccc([N+](=O)[O-])cc2[N+](=O)[O-])[C@H](C(=O)OC)Cc2c1[nH]c1ccccc21. The molecule has 0 amide bonds. The number of benzene rings is 2. The largest absolute Gasteiger partial charge is 0.468 e. The first-order chi connectivity index (χ1) is 16.1. The van der Waals surface area contributed by atoms with E-state index in [-0.39, 0.29) is 13.0 Å². The number of nitro benzene ring substituents is 2. The highest BCUT2D eigenvalue weighted by molar-refractivity contribution is 7.89. The molecule has 0 aliphatic carbocycles. The molecule has 3 aromatic rings. The fraction of sp³-hybridized carbons (Fsp3) is 0.190. The number of non-ortho nitro benzene ring substituents is 1. The molecule has 4 rings (SSSR count). The number of aromatic nitrogens is 1. The lowest BCUT2D eigenvalue weighted by molar-refractivity contribution is -0.396. The van der Waals surface area contributed by atoms with Crippen LogP contribution in [-0.2, 0) is 26.0 Å². The number of nitrogens with one attached hydrogen (secondary N) is 1. The van der Waals surface area contributed by atoms with Gasteiger partial charge in [0.05, 0.1) is 23.0 Å². The molecular formula is C21H18N4O8S. The van der Waals surface area contributed by atoms with Crippen LogP contribution in [0.25, 0.3) is 16.5 Å². The van der Waals surface area contributed by atoms with Gasteiger partial charge in [0, 0.05) is 35.6 Å². The average molecular weight is 486 g/mol. The summed E-state index contributed by atoms with van der Waals surface area (Å²) < 4.78 is 33.0. The maximum atomic E-state index is 13.7. The van der Waals surface area contributed by atoms with Gasteiger partial charge in [-0.2, -0.15) is 4.31 Å². The number of ether oxygens (including phenoxy) is 1. The molecule has 0 spiro atoms. The molecule has 1 N–H and O–H groups in total. The number of fused-ring (bicyclic) bond motifs is 3. The summed E-state index contributed by atoms with van der Waals surface area (Å²) in [6.45, 7) is 3.60. The number of carbonyl (C=O) groups excluding carboxylic acids is 1. The fourth-order valence-electron chi connectivity index (χ4n) is 4.08. The molecule has 34 heavy (non-hydrogen) atoms. The minimum Gasteiger partial charge on any atom is -0.468 e. The summed E-state index contributed by atoms with van der Waals surface area (Å²) in [5.74, 6) is -0.862. The number of methoxy groups -OCH3 is 1. The predicted octanol–water partition coefficient (Wildman–Crippen LogP) is 2.79. The Hall–Kier alpha value is -4.10. The average Bonchev–Trinajstić information content (AvgIpc) is 3.11. The van der Waals surface area contributed by atoms with Gasteiger partial charge in [0.1, 0.15) is 6.04 Å². The van der Waals surface area contributed by atoms with Crippen molar-refractivity contribution in [1.82, 2.24) is 9.29 Å². The van der Waals surface area contributed by atoms with Crippen molar-refractivity contribution in [2.24, 2.45) is 0 Å². The quantitative estimate of drug-likeness (QED) is 0.326. The molecule has 1 aliphatic rings. The molecule has 12 nitrogen and oxygen atoms in total. The minimum absolute atomic E-state index is 0.0783. The predicted molar refractivity (Wildman–Crippen MR) is 120 cm³/mol. The summed E-state index contributed by atoms with van der Waals surface area (Å²) in [7, 11) is -3.59. The number of hydrogen-bond acceptors (Lipinski definition) is 8. The van der Waals surface area contributed by atoms with Crippen molar-refractivity contribution in [3.63, 3.8) is 0 Å². The summed E-state index contributed by atoms with van der Waals surface area (Å²) >= 11 is 0. The molecule has 1 aromatic heterocycles. The number of nitro groups is 2. The Morgan fingerprint density at radius 1 is 1.18 bits per heavy atom. The molecule has 1 aliphatic heterocycles. The van der Waals surface area contributed by atoms with Crippen LogP contribution < -0.4 is 0 Å². The van der Waals surface area contributed by atoms with Crippen LogP contribution in [0, 0.1) is 20.2 Å². The van der Waals surface area contributed by atoms with E-state index in [2.05, 4.69) is 11.6 Å². The molecule has 2 aromatic carbocycles. The highest BCUT2D eigenvalue weighted by Crippen LogP contribution is 2.37. The van der Waals surface area contributed by atoms with E-state index in [0.29, 0.717) is 22.9 Å². The summed E-state index contributed by atoms with van der Waals surface area (Å²) in [5.41, 5.74) is 0.719. The molecule has 0 bridgehead atoms. The van der Waals surface area contributed by atoms with Crippen LogP contribution in [0.15, 0.2) is 53.9 Å². The second kappa shape index (κ2) is 8.35. The topological polar surface area (TPSA) is 166 Å².